The van der Waals surface area contributed by atoms with Crippen LogP contribution in [0, 0.1) is 5.92 Å². The normalized spacial score (nSPS) is 17.5. The molecule has 8 nitrogen and oxygen atoms in total. The van der Waals surface area contributed by atoms with Crippen molar-refractivity contribution in [3.63, 3.8) is 0 Å². The van der Waals surface area contributed by atoms with E-state index in [1.165, 1.54) is 12.3 Å². The summed E-state index contributed by atoms with van der Waals surface area (Å²) in [6, 6.07) is 12.9. The Bertz CT molecular complexity index is 1400. The SMILES string of the molecule is C[C@@H]1CN(c2nc(-c3ccc(Cl)cc3)ccc2C(=O)NS(=O)(=O)c2ccc[nH]c2=O)C(C)(C)C1. The van der Waals surface area contributed by atoms with Crippen LogP contribution in [-0.4, -0.2) is 36.4 Å². The van der Waals surface area contributed by atoms with Crippen LogP contribution in [0.5, 0.6) is 0 Å². The molecule has 1 aliphatic heterocycles. The van der Waals surface area contributed by atoms with E-state index in [0.717, 1.165) is 18.1 Å². The molecule has 1 aliphatic rings. The second-order valence-electron chi connectivity index (χ2n) is 9.11. The van der Waals surface area contributed by atoms with Crippen LogP contribution in [0.25, 0.3) is 11.3 Å². The zero-order valence-corrected chi connectivity index (χ0v) is 20.6. The summed E-state index contributed by atoms with van der Waals surface area (Å²) >= 11 is 6.01. The lowest BCUT2D eigenvalue weighted by atomic mass is 9.97. The molecular weight excluding hydrogens is 476 g/mol. The summed E-state index contributed by atoms with van der Waals surface area (Å²) in [6.07, 6.45) is 2.20. The molecule has 0 aliphatic carbocycles. The Balaban J connectivity index is 1.78. The summed E-state index contributed by atoms with van der Waals surface area (Å²) in [7, 11) is -4.39. The summed E-state index contributed by atoms with van der Waals surface area (Å²) < 4.78 is 27.6. The number of rotatable bonds is 5. The molecule has 0 unspecified atom stereocenters. The fourth-order valence-corrected chi connectivity index (χ4v) is 5.57. The smallest absolute Gasteiger partial charge is 0.269 e. The maximum absolute atomic E-state index is 13.2. The third kappa shape index (κ3) is 4.71. The first-order valence-corrected chi connectivity index (χ1v) is 12.6. The van der Waals surface area contributed by atoms with Crippen molar-refractivity contribution in [2.75, 3.05) is 11.4 Å². The summed E-state index contributed by atoms with van der Waals surface area (Å²) in [5.41, 5.74) is 0.437. The number of pyridine rings is 2. The van der Waals surface area contributed by atoms with Crippen molar-refractivity contribution in [3.05, 3.63) is 75.7 Å². The van der Waals surface area contributed by atoms with Gasteiger partial charge < -0.3 is 9.88 Å². The molecule has 0 spiro atoms. The minimum absolute atomic E-state index is 0.107. The average Bonchev–Trinajstić information content (AvgIpc) is 3.05. The van der Waals surface area contributed by atoms with Crippen molar-refractivity contribution in [2.45, 2.75) is 37.6 Å². The Morgan fingerprint density at radius 3 is 2.50 bits per heavy atom. The highest BCUT2D eigenvalue weighted by Gasteiger charge is 2.39. The number of hydrogen-bond donors (Lipinski definition) is 2. The summed E-state index contributed by atoms with van der Waals surface area (Å²) in [6.45, 7) is 6.91. The van der Waals surface area contributed by atoms with Crippen molar-refractivity contribution < 1.29 is 13.2 Å². The molecule has 34 heavy (non-hydrogen) atoms. The highest BCUT2D eigenvalue weighted by Crippen LogP contribution is 2.38. The minimum Gasteiger partial charge on any atom is -0.351 e. The number of aromatic amines is 1. The lowest BCUT2D eigenvalue weighted by molar-refractivity contribution is 0.0981. The van der Waals surface area contributed by atoms with Gasteiger partial charge in [-0.15, -0.1) is 0 Å². The topological polar surface area (TPSA) is 112 Å². The molecule has 3 heterocycles. The molecule has 0 saturated carbocycles. The maximum atomic E-state index is 13.2. The molecule has 0 bridgehead atoms. The summed E-state index contributed by atoms with van der Waals surface area (Å²) in [4.78, 5) is 33.8. The Morgan fingerprint density at radius 2 is 1.88 bits per heavy atom. The number of benzene rings is 1. The summed E-state index contributed by atoms with van der Waals surface area (Å²) in [5, 5.41) is 0.593. The predicted octanol–water partition coefficient (Wildman–Crippen LogP) is 3.83. The molecule has 2 N–H and O–H groups in total. The van der Waals surface area contributed by atoms with E-state index in [0.29, 0.717) is 29.0 Å². The fourth-order valence-electron chi connectivity index (χ4n) is 4.42. The molecule has 4 rings (SSSR count). The molecule has 0 radical (unpaired) electrons. The first-order chi connectivity index (χ1) is 16.0. The number of aromatic nitrogens is 2. The van der Waals surface area contributed by atoms with E-state index in [9.17, 15) is 18.0 Å². The Morgan fingerprint density at radius 1 is 1.18 bits per heavy atom. The van der Waals surface area contributed by atoms with E-state index in [1.807, 2.05) is 21.8 Å². The van der Waals surface area contributed by atoms with Gasteiger partial charge >= 0.3 is 0 Å². The first-order valence-electron chi connectivity index (χ1n) is 10.8. The highest BCUT2D eigenvalue weighted by atomic mass is 35.5. The number of amides is 1. The number of halogens is 1. The van der Waals surface area contributed by atoms with Crippen LogP contribution in [0.3, 0.4) is 0 Å². The number of anilines is 1. The van der Waals surface area contributed by atoms with E-state index in [1.54, 1.807) is 24.3 Å². The van der Waals surface area contributed by atoms with E-state index < -0.39 is 26.4 Å². The lowest BCUT2D eigenvalue weighted by Crippen LogP contribution is -2.41. The van der Waals surface area contributed by atoms with Gasteiger partial charge in [-0.2, -0.15) is 0 Å². The number of H-pyrrole nitrogens is 1. The molecule has 1 aromatic carbocycles. The van der Waals surface area contributed by atoms with E-state index in [4.69, 9.17) is 16.6 Å². The van der Waals surface area contributed by atoms with Gasteiger partial charge in [-0.1, -0.05) is 30.7 Å². The van der Waals surface area contributed by atoms with Gasteiger partial charge in [0, 0.05) is 28.9 Å². The number of hydrogen-bond acceptors (Lipinski definition) is 6. The molecule has 10 heteroatoms. The van der Waals surface area contributed by atoms with Crippen molar-refractivity contribution in [1.29, 1.82) is 0 Å². The van der Waals surface area contributed by atoms with Crippen LogP contribution in [0.15, 0.2) is 64.4 Å². The van der Waals surface area contributed by atoms with Crippen molar-refractivity contribution in [2.24, 2.45) is 5.92 Å². The maximum Gasteiger partial charge on any atom is 0.269 e. The number of carbonyl (C=O) groups is 1. The third-order valence-corrected chi connectivity index (χ3v) is 7.49. The number of nitrogens with one attached hydrogen (secondary N) is 2. The van der Waals surface area contributed by atoms with Gasteiger partial charge in [-0.25, -0.2) is 18.1 Å². The van der Waals surface area contributed by atoms with E-state index in [2.05, 4.69) is 25.8 Å². The standard InChI is InChI=1S/C24H25ClN4O4S/c1-15-13-24(2,3)29(14-15)21-18(10-11-19(27-21)16-6-8-17(25)9-7-16)22(30)28-34(32,33)20-5-4-12-26-23(20)31/h4-12,15H,13-14H2,1-3H3,(H,26,31)(H,28,30)/t15-/m0/s1. The van der Waals surface area contributed by atoms with Crippen LogP contribution in [0.4, 0.5) is 5.82 Å². The van der Waals surface area contributed by atoms with Gasteiger partial charge in [0.25, 0.3) is 21.5 Å². The van der Waals surface area contributed by atoms with Crippen LogP contribution < -0.4 is 15.2 Å². The van der Waals surface area contributed by atoms with Crippen LogP contribution >= 0.6 is 11.6 Å². The molecule has 1 amide bonds. The summed E-state index contributed by atoms with van der Waals surface area (Å²) in [5.74, 6) is -0.112. The molecule has 1 atom stereocenters. The van der Waals surface area contributed by atoms with E-state index >= 15 is 0 Å². The lowest BCUT2D eigenvalue weighted by Gasteiger charge is -2.34. The number of sulfonamides is 1. The van der Waals surface area contributed by atoms with Gasteiger partial charge in [0.05, 0.1) is 11.3 Å². The number of nitrogens with zero attached hydrogens (tertiary/aromatic N) is 2. The van der Waals surface area contributed by atoms with Crippen LogP contribution in [0.2, 0.25) is 5.02 Å². The van der Waals surface area contributed by atoms with Crippen LogP contribution in [0.1, 0.15) is 37.6 Å². The predicted molar refractivity (Wildman–Crippen MR) is 132 cm³/mol. The molecule has 178 valence electrons. The molecule has 3 aromatic rings. The van der Waals surface area contributed by atoms with Crippen LogP contribution in [-0.2, 0) is 10.0 Å². The fraction of sp³-hybridized carbons (Fsp3) is 0.292. The van der Waals surface area contributed by atoms with Crippen molar-refractivity contribution in [1.82, 2.24) is 14.7 Å². The van der Waals surface area contributed by atoms with Gasteiger partial charge in [-0.05, 0) is 62.6 Å². The Hall–Kier alpha value is -3.17. The third-order valence-electron chi connectivity index (χ3n) is 5.89. The molecular formula is C24H25ClN4O4S. The van der Waals surface area contributed by atoms with Crippen molar-refractivity contribution in [3.8, 4) is 11.3 Å². The Labute approximate surface area is 203 Å². The molecule has 2 aromatic heterocycles. The first kappa shape index (κ1) is 24.0. The molecule has 1 fully saturated rings. The zero-order chi connectivity index (χ0) is 24.7. The minimum atomic E-state index is -4.39. The monoisotopic (exact) mass is 500 g/mol. The zero-order valence-electron chi connectivity index (χ0n) is 19.0. The number of carbonyl (C=O) groups excluding carboxylic acids is 1. The Kier molecular flexibility index (Phi) is 6.26. The largest absolute Gasteiger partial charge is 0.351 e. The van der Waals surface area contributed by atoms with Gasteiger partial charge in [0.15, 0.2) is 4.90 Å². The van der Waals surface area contributed by atoms with Crippen molar-refractivity contribution >= 4 is 33.3 Å². The van der Waals surface area contributed by atoms with Gasteiger partial charge in [0.1, 0.15) is 5.82 Å². The highest BCUT2D eigenvalue weighted by molar-refractivity contribution is 7.90. The second-order valence-corrected chi connectivity index (χ2v) is 11.2. The quantitative estimate of drug-likeness (QED) is 0.550. The molecule has 1 saturated heterocycles. The van der Waals surface area contributed by atoms with Gasteiger partial charge in [-0.3, -0.25) is 9.59 Å². The second kappa shape index (κ2) is 8.88. The van der Waals surface area contributed by atoms with E-state index in [-0.39, 0.29) is 11.1 Å². The average molecular weight is 501 g/mol. The van der Waals surface area contributed by atoms with Gasteiger partial charge in [0.2, 0.25) is 0 Å².